The predicted molar refractivity (Wildman–Crippen MR) is 58.9 cm³/mol. The number of carboxylic acid groups (broad SMARTS) is 2. The summed E-state index contributed by atoms with van der Waals surface area (Å²) in [6.45, 7) is 0. The summed E-state index contributed by atoms with van der Waals surface area (Å²) in [7, 11) is 2.55. The molecular weight excluding hydrogens is 271 g/mol. The van der Waals surface area contributed by atoms with Crippen molar-refractivity contribution < 1.29 is 69.8 Å². The van der Waals surface area contributed by atoms with Crippen molar-refractivity contribution in [1.82, 2.24) is 0 Å². The average molecular weight is 288 g/mol. The van der Waals surface area contributed by atoms with Gasteiger partial charge in [-0.25, -0.2) is 0 Å². The van der Waals surface area contributed by atoms with Crippen LogP contribution in [0.1, 0.15) is 27.1 Å². The molecule has 9 heteroatoms. The Morgan fingerprint density at radius 1 is 0.789 bits per heavy atom. The van der Waals surface area contributed by atoms with Gasteiger partial charge in [0.2, 0.25) is 0 Å². The van der Waals surface area contributed by atoms with E-state index >= 15 is 0 Å². The minimum Gasteiger partial charge on any atom is -1.00 e. The Labute approximate surface area is 133 Å². The molecule has 19 heavy (non-hydrogen) atoms. The number of esters is 2. The first kappa shape index (κ1) is 23.0. The molecule has 2 N–H and O–H groups in total. The first-order chi connectivity index (χ1) is 8.33. The number of carbonyl (C=O) groups excluding carboxylic acids is 2. The molecule has 0 aliphatic rings. The van der Waals surface area contributed by atoms with Gasteiger partial charge in [0.05, 0.1) is 39.9 Å². The number of carbonyl (C=O) groups is 4. The van der Waals surface area contributed by atoms with E-state index in [-0.39, 0.29) is 56.7 Å². The third kappa shape index (κ3) is 22.5. The van der Waals surface area contributed by atoms with Gasteiger partial charge in [0.1, 0.15) is 0 Å². The van der Waals surface area contributed by atoms with Crippen LogP contribution in [0.5, 0.6) is 0 Å². The van der Waals surface area contributed by atoms with E-state index in [9.17, 15) is 19.2 Å². The number of carboxylic acids is 2. The minimum absolute atomic E-state index is 0. The van der Waals surface area contributed by atoms with Crippen molar-refractivity contribution in [2.45, 2.75) is 25.7 Å². The van der Waals surface area contributed by atoms with Crippen molar-refractivity contribution in [3.63, 3.8) is 0 Å². The van der Waals surface area contributed by atoms with Gasteiger partial charge in [-0.3, -0.25) is 19.2 Å². The van der Waals surface area contributed by atoms with Crippen molar-refractivity contribution in [3.05, 3.63) is 0 Å². The van der Waals surface area contributed by atoms with E-state index in [1.807, 2.05) is 0 Å². The van der Waals surface area contributed by atoms with E-state index in [4.69, 9.17) is 10.2 Å². The summed E-state index contributed by atoms with van der Waals surface area (Å²) < 4.78 is 8.60. The van der Waals surface area contributed by atoms with Crippen LogP contribution < -0.4 is 29.6 Å². The Hall–Kier alpha value is -1.12. The normalized spacial score (nSPS) is 8.11. The van der Waals surface area contributed by atoms with Gasteiger partial charge in [0.15, 0.2) is 0 Å². The van der Waals surface area contributed by atoms with Gasteiger partial charge < -0.3 is 21.1 Å². The van der Waals surface area contributed by atoms with Crippen LogP contribution in [0.15, 0.2) is 0 Å². The number of ether oxygens (including phenoxy) is 2. The van der Waals surface area contributed by atoms with Crippen LogP contribution in [0.3, 0.4) is 0 Å². The summed E-state index contributed by atoms with van der Waals surface area (Å²) in [5, 5.41) is 15.8. The third-order valence-corrected chi connectivity index (χ3v) is 1.54. The molecule has 0 bridgehead atoms. The molecule has 0 saturated heterocycles. The van der Waals surface area contributed by atoms with Crippen LogP contribution in [0.4, 0.5) is 0 Å². The zero-order valence-corrected chi connectivity index (χ0v) is 13.2. The van der Waals surface area contributed by atoms with E-state index < -0.39 is 23.9 Å². The molecule has 106 valence electrons. The fourth-order valence-corrected chi connectivity index (χ4v) is 0.622. The van der Waals surface area contributed by atoms with E-state index in [2.05, 4.69) is 9.47 Å². The van der Waals surface area contributed by atoms with Crippen LogP contribution in [0, 0.1) is 0 Å². The Balaban J connectivity index is -0.000000119. The van der Waals surface area contributed by atoms with Gasteiger partial charge in [-0.1, -0.05) is 0 Å². The second-order valence-corrected chi connectivity index (χ2v) is 2.94. The molecule has 0 saturated carbocycles. The molecule has 0 aromatic heterocycles. The van der Waals surface area contributed by atoms with Crippen molar-refractivity contribution in [1.29, 1.82) is 0 Å². The fraction of sp³-hybridized carbons (Fsp3) is 0.600. The summed E-state index contributed by atoms with van der Waals surface area (Å²) in [6, 6.07) is 0. The topological polar surface area (TPSA) is 127 Å². The Morgan fingerprint density at radius 3 is 1.21 bits per heavy atom. The second-order valence-electron chi connectivity index (χ2n) is 2.94. The smallest absolute Gasteiger partial charge is 1.00 e. The maximum Gasteiger partial charge on any atom is 1.00 e. The van der Waals surface area contributed by atoms with Gasteiger partial charge in [-0.15, -0.1) is 0 Å². The van der Waals surface area contributed by atoms with Crippen LogP contribution >= 0.6 is 0 Å². The SMILES string of the molecule is COC(=O)CCC(=O)OC.O=C(O)CCC(=O)O.[H-].[Na+]. The maximum atomic E-state index is 10.4. The van der Waals surface area contributed by atoms with Crippen LogP contribution in [0.2, 0.25) is 0 Å². The van der Waals surface area contributed by atoms with Gasteiger partial charge in [0.25, 0.3) is 0 Å². The molecule has 0 aromatic rings. The molecule has 0 rings (SSSR count). The summed E-state index contributed by atoms with van der Waals surface area (Å²) in [6.07, 6.45) is -0.420. The predicted octanol–water partition coefficient (Wildman–Crippen LogP) is -2.84. The molecule has 0 spiro atoms. The maximum absolute atomic E-state index is 10.4. The van der Waals surface area contributed by atoms with E-state index in [0.29, 0.717) is 0 Å². The number of methoxy groups -OCH3 is 2. The van der Waals surface area contributed by atoms with Crippen LogP contribution in [0.25, 0.3) is 0 Å². The van der Waals surface area contributed by atoms with Crippen molar-refractivity contribution in [3.8, 4) is 0 Å². The molecule has 0 atom stereocenters. The second kappa shape index (κ2) is 14.9. The molecule has 0 aliphatic heterocycles. The zero-order chi connectivity index (χ0) is 14.6. The van der Waals surface area contributed by atoms with Crippen molar-refractivity contribution >= 4 is 23.9 Å². The van der Waals surface area contributed by atoms with Crippen LogP contribution in [-0.4, -0.2) is 48.3 Å². The Morgan fingerprint density at radius 2 is 1.05 bits per heavy atom. The first-order valence-electron chi connectivity index (χ1n) is 4.90. The first-order valence-corrected chi connectivity index (χ1v) is 4.90. The Kier molecular flexibility index (Phi) is 18.1. The zero-order valence-electron chi connectivity index (χ0n) is 12.2. The van der Waals surface area contributed by atoms with Crippen LogP contribution in [-0.2, 0) is 28.7 Å². The quantitative estimate of drug-likeness (QED) is 0.395. The molecule has 0 aromatic carbocycles. The standard InChI is InChI=1S/C6H10O4.C4H6O4.Na.H/c1-9-5(7)3-4-6(8)10-2;5-3(6)1-2-4(7)8;;/h3-4H2,1-2H3;1-2H2,(H,5,6)(H,7,8);;/q;;+1;-1. The molecule has 0 unspecified atom stereocenters. The third-order valence-electron chi connectivity index (χ3n) is 1.54. The number of hydrogen-bond donors (Lipinski definition) is 2. The molecule has 0 amide bonds. The number of rotatable bonds is 6. The van der Waals surface area contributed by atoms with Crippen molar-refractivity contribution in [2.75, 3.05) is 14.2 Å². The molecule has 0 fully saturated rings. The fourth-order valence-electron chi connectivity index (χ4n) is 0.622. The van der Waals surface area contributed by atoms with Gasteiger partial charge in [-0.2, -0.15) is 0 Å². The number of aliphatic carboxylic acids is 2. The van der Waals surface area contributed by atoms with Gasteiger partial charge >= 0.3 is 53.4 Å². The number of hydrogen-bond acceptors (Lipinski definition) is 6. The summed E-state index contributed by atoms with van der Waals surface area (Å²) >= 11 is 0. The minimum atomic E-state index is -1.08. The van der Waals surface area contributed by atoms with Gasteiger partial charge in [0, 0.05) is 0 Å². The van der Waals surface area contributed by atoms with Gasteiger partial charge in [-0.05, 0) is 0 Å². The largest absolute Gasteiger partial charge is 1.00 e. The summed E-state index contributed by atoms with van der Waals surface area (Å²) in [5.74, 6) is -2.95. The molecule has 0 aliphatic carbocycles. The van der Waals surface area contributed by atoms with E-state index in [0.717, 1.165) is 0 Å². The molecule has 0 radical (unpaired) electrons. The monoisotopic (exact) mass is 288 g/mol. The van der Waals surface area contributed by atoms with E-state index in [1.165, 1.54) is 14.2 Å². The molecular formula is C10H17NaO8. The average Bonchev–Trinajstić information content (AvgIpc) is 2.33. The summed E-state index contributed by atoms with van der Waals surface area (Å²) in [5.41, 5.74) is 0. The molecule has 0 heterocycles. The molecule has 8 nitrogen and oxygen atoms in total. The van der Waals surface area contributed by atoms with E-state index in [1.54, 1.807) is 0 Å². The summed E-state index contributed by atoms with van der Waals surface area (Å²) in [4.78, 5) is 40.1. The Bertz CT molecular complexity index is 278. The van der Waals surface area contributed by atoms with Crippen molar-refractivity contribution in [2.24, 2.45) is 0 Å².